The van der Waals surface area contributed by atoms with E-state index >= 15 is 0 Å². The molecule has 0 unspecified atom stereocenters. The number of hydrogen-bond acceptors (Lipinski definition) is 4. The van der Waals surface area contributed by atoms with E-state index in [1.54, 1.807) is 0 Å². The fraction of sp³-hybridized carbons (Fsp3) is 0. The van der Waals surface area contributed by atoms with Crippen LogP contribution in [0.15, 0.2) is 40.6 Å². The molecule has 0 fully saturated rings. The van der Waals surface area contributed by atoms with Crippen LogP contribution in [0.3, 0.4) is 0 Å². The molecule has 0 spiro atoms. The Kier molecular flexibility index (Phi) is 3.79. The van der Waals surface area contributed by atoms with Crippen molar-refractivity contribution in [3.8, 4) is 0 Å². The Labute approximate surface area is 118 Å². The fourth-order valence-corrected chi connectivity index (χ4v) is 3.84. The molecule has 0 aliphatic carbocycles. The highest BCUT2D eigenvalue weighted by Gasteiger charge is 2.23. The zero-order valence-electron chi connectivity index (χ0n) is 9.33. The topological polar surface area (TPSA) is 83.5 Å². The summed E-state index contributed by atoms with van der Waals surface area (Å²) in [6.45, 7) is 0. The first-order chi connectivity index (χ1) is 8.90. The number of halogens is 1. The summed E-state index contributed by atoms with van der Waals surface area (Å²) in [6.07, 6.45) is 0. The normalized spacial score (nSPS) is 11.2. The van der Waals surface area contributed by atoms with Gasteiger partial charge >= 0.3 is 5.97 Å². The van der Waals surface area contributed by atoms with E-state index < -0.39 is 16.0 Å². The minimum Gasteiger partial charge on any atom is -0.477 e. The third-order valence-electron chi connectivity index (χ3n) is 2.21. The summed E-state index contributed by atoms with van der Waals surface area (Å²) < 4.78 is 26.4. The summed E-state index contributed by atoms with van der Waals surface area (Å²) in [7, 11) is -3.92. The number of rotatable bonds is 4. The van der Waals surface area contributed by atoms with Crippen molar-refractivity contribution in [2.45, 2.75) is 4.90 Å². The Morgan fingerprint density at radius 1 is 1.21 bits per heavy atom. The van der Waals surface area contributed by atoms with Crippen LogP contribution in [0.2, 0.25) is 5.02 Å². The van der Waals surface area contributed by atoms with E-state index in [0.29, 0.717) is 10.7 Å². The highest BCUT2D eigenvalue weighted by Crippen LogP contribution is 2.24. The zero-order chi connectivity index (χ0) is 14.0. The average molecular weight is 318 g/mol. The molecule has 0 atom stereocenters. The smallest absolute Gasteiger partial charge is 0.347 e. The SMILES string of the molecule is O=C(O)c1sccc1S(=O)(=O)Nc1ccc(Cl)cc1. The lowest BCUT2D eigenvalue weighted by molar-refractivity contribution is 0.0698. The molecule has 2 rings (SSSR count). The van der Waals surface area contributed by atoms with E-state index in [-0.39, 0.29) is 9.77 Å². The van der Waals surface area contributed by atoms with Gasteiger partial charge in [-0.3, -0.25) is 4.72 Å². The number of anilines is 1. The maximum atomic E-state index is 12.1. The predicted octanol–water partition coefficient (Wildman–Crippen LogP) is 2.90. The van der Waals surface area contributed by atoms with Gasteiger partial charge in [0.1, 0.15) is 9.77 Å². The lowest BCUT2D eigenvalue weighted by Gasteiger charge is -2.07. The standard InChI is InChI=1S/C11H8ClNO4S2/c12-7-1-3-8(4-2-7)13-19(16,17)9-5-6-18-10(9)11(14)15/h1-6,13H,(H,14,15). The number of nitrogens with one attached hydrogen (secondary N) is 1. The number of thiophene rings is 1. The van der Waals surface area contributed by atoms with Crippen molar-refractivity contribution in [1.82, 2.24) is 0 Å². The van der Waals surface area contributed by atoms with Crippen molar-refractivity contribution in [3.63, 3.8) is 0 Å². The summed E-state index contributed by atoms with van der Waals surface area (Å²) >= 11 is 6.55. The van der Waals surface area contributed by atoms with Crippen molar-refractivity contribution in [2.75, 3.05) is 4.72 Å². The summed E-state index contributed by atoms with van der Waals surface area (Å²) in [4.78, 5) is 10.5. The lowest BCUT2D eigenvalue weighted by atomic mass is 10.3. The van der Waals surface area contributed by atoms with Gasteiger partial charge in [0.25, 0.3) is 10.0 Å². The van der Waals surface area contributed by atoms with E-state index in [0.717, 1.165) is 11.3 Å². The second-order valence-corrected chi connectivity index (χ2v) is 6.53. The first-order valence-electron chi connectivity index (χ1n) is 4.99. The molecule has 0 bridgehead atoms. The van der Waals surface area contributed by atoms with Crippen molar-refractivity contribution in [2.24, 2.45) is 0 Å². The number of benzene rings is 1. The minimum atomic E-state index is -3.92. The molecule has 5 nitrogen and oxygen atoms in total. The van der Waals surface area contributed by atoms with Gasteiger partial charge in [-0.2, -0.15) is 0 Å². The largest absolute Gasteiger partial charge is 0.477 e. The number of aromatic carboxylic acids is 1. The zero-order valence-corrected chi connectivity index (χ0v) is 11.7. The number of hydrogen-bond donors (Lipinski definition) is 2. The molecule has 0 aliphatic heterocycles. The third kappa shape index (κ3) is 3.06. The Balaban J connectivity index is 2.35. The molecule has 1 aromatic heterocycles. The summed E-state index contributed by atoms with van der Waals surface area (Å²) in [5, 5.41) is 10.8. The first kappa shape index (κ1) is 13.9. The van der Waals surface area contributed by atoms with E-state index in [4.69, 9.17) is 16.7 Å². The molecular formula is C11H8ClNO4S2. The molecule has 0 amide bonds. The highest BCUT2D eigenvalue weighted by atomic mass is 35.5. The number of carboxylic acids is 1. The predicted molar refractivity (Wildman–Crippen MR) is 73.5 cm³/mol. The Morgan fingerprint density at radius 2 is 1.84 bits per heavy atom. The van der Waals surface area contributed by atoms with Crippen molar-refractivity contribution in [3.05, 3.63) is 45.6 Å². The third-order valence-corrected chi connectivity index (χ3v) is 4.92. The maximum Gasteiger partial charge on any atom is 0.347 e. The highest BCUT2D eigenvalue weighted by molar-refractivity contribution is 7.93. The van der Waals surface area contributed by atoms with E-state index in [1.807, 2.05) is 0 Å². The molecule has 19 heavy (non-hydrogen) atoms. The molecular weight excluding hydrogens is 310 g/mol. The average Bonchev–Trinajstić information content (AvgIpc) is 2.82. The van der Waals surface area contributed by atoms with Gasteiger partial charge in [-0.25, -0.2) is 13.2 Å². The van der Waals surface area contributed by atoms with Gasteiger partial charge in [0.15, 0.2) is 0 Å². The van der Waals surface area contributed by atoms with E-state index in [1.165, 1.54) is 35.7 Å². The second-order valence-electron chi connectivity index (χ2n) is 3.53. The summed E-state index contributed by atoms with van der Waals surface area (Å²) in [6, 6.07) is 7.31. The number of carbonyl (C=O) groups is 1. The van der Waals surface area contributed by atoms with Gasteiger partial charge in [-0.1, -0.05) is 11.6 Å². The van der Waals surface area contributed by atoms with Gasteiger partial charge < -0.3 is 5.11 Å². The molecule has 2 N–H and O–H groups in total. The van der Waals surface area contributed by atoms with Crippen LogP contribution in [0.25, 0.3) is 0 Å². The van der Waals surface area contributed by atoms with Crippen LogP contribution in [-0.4, -0.2) is 19.5 Å². The molecule has 2 aromatic rings. The number of carboxylic acid groups (broad SMARTS) is 1. The Hall–Kier alpha value is -1.57. The van der Waals surface area contributed by atoms with Gasteiger partial charge in [0, 0.05) is 10.7 Å². The molecule has 100 valence electrons. The molecule has 8 heteroatoms. The van der Waals surface area contributed by atoms with Crippen LogP contribution in [0.4, 0.5) is 5.69 Å². The Bertz CT molecular complexity index is 707. The van der Waals surface area contributed by atoms with E-state index in [9.17, 15) is 13.2 Å². The Morgan fingerprint density at radius 3 is 2.42 bits per heavy atom. The van der Waals surface area contributed by atoms with Gasteiger partial charge in [-0.15, -0.1) is 11.3 Å². The van der Waals surface area contributed by atoms with Crippen LogP contribution < -0.4 is 4.72 Å². The van der Waals surface area contributed by atoms with Crippen LogP contribution in [-0.2, 0) is 10.0 Å². The van der Waals surface area contributed by atoms with Gasteiger partial charge in [-0.05, 0) is 35.7 Å². The monoisotopic (exact) mass is 317 g/mol. The number of sulfonamides is 1. The summed E-state index contributed by atoms with van der Waals surface area (Å²) in [5.41, 5.74) is 0.312. The second kappa shape index (κ2) is 5.20. The van der Waals surface area contributed by atoms with E-state index in [2.05, 4.69) is 4.72 Å². The van der Waals surface area contributed by atoms with Crippen molar-refractivity contribution in [1.29, 1.82) is 0 Å². The van der Waals surface area contributed by atoms with Gasteiger partial charge in [0.2, 0.25) is 0 Å². The molecule has 0 aliphatic rings. The quantitative estimate of drug-likeness (QED) is 0.908. The molecule has 1 heterocycles. The van der Waals surface area contributed by atoms with Crippen molar-refractivity contribution < 1.29 is 18.3 Å². The first-order valence-corrected chi connectivity index (χ1v) is 7.73. The van der Waals surface area contributed by atoms with Crippen molar-refractivity contribution >= 4 is 44.6 Å². The molecule has 1 aromatic carbocycles. The molecule has 0 saturated heterocycles. The van der Waals surface area contributed by atoms with Crippen LogP contribution in [0.1, 0.15) is 9.67 Å². The fourth-order valence-electron chi connectivity index (χ4n) is 1.39. The van der Waals surface area contributed by atoms with Crippen LogP contribution in [0, 0.1) is 0 Å². The minimum absolute atomic E-state index is 0.221. The van der Waals surface area contributed by atoms with Gasteiger partial charge in [0.05, 0.1) is 0 Å². The van der Waals surface area contributed by atoms with Crippen LogP contribution >= 0.6 is 22.9 Å². The molecule has 0 radical (unpaired) electrons. The van der Waals surface area contributed by atoms with Crippen LogP contribution in [0.5, 0.6) is 0 Å². The maximum absolute atomic E-state index is 12.1. The lowest BCUT2D eigenvalue weighted by Crippen LogP contribution is -2.15. The molecule has 0 saturated carbocycles. The summed E-state index contributed by atoms with van der Waals surface area (Å²) in [5.74, 6) is -1.27.